The molecule has 0 aliphatic rings. The number of aromatic nitrogens is 2. The van der Waals surface area contributed by atoms with E-state index in [0.717, 1.165) is 37.7 Å². The van der Waals surface area contributed by atoms with Gasteiger partial charge in [-0.15, -0.1) is 0 Å². The van der Waals surface area contributed by atoms with Crippen LogP contribution in [0.25, 0.3) is 0 Å². The molecule has 2 rings (SSSR count). The Morgan fingerprint density at radius 3 is 2.25 bits per heavy atom. The van der Waals surface area contributed by atoms with Crippen LogP contribution >= 0.6 is 0 Å². The van der Waals surface area contributed by atoms with Crippen molar-refractivity contribution in [3.05, 3.63) is 48.4 Å². The summed E-state index contributed by atoms with van der Waals surface area (Å²) in [6.45, 7) is 2.31. The molecule has 0 bridgehead atoms. The number of hydrogen-bond acceptors (Lipinski definition) is 5. The zero-order valence-electron chi connectivity index (χ0n) is 16.1. The molecule has 0 radical (unpaired) electrons. The van der Waals surface area contributed by atoms with Gasteiger partial charge in [-0.3, -0.25) is 4.98 Å². The lowest BCUT2D eigenvalue weighted by Crippen LogP contribution is -2.16. The summed E-state index contributed by atoms with van der Waals surface area (Å²) >= 11 is 0. The monoisotopic (exact) mass is 400 g/mol. The minimum Gasteiger partial charge on any atom is -0.462 e. The maximum atomic E-state index is 12.8. The molecule has 5 nitrogen and oxygen atoms in total. The number of hydrogen-bond donors (Lipinski definition) is 0. The number of pyridine rings is 1. The van der Waals surface area contributed by atoms with Gasteiger partial charge in [0.2, 0.25) is 0 Å². The van der Waals surface area contributed by atoms with Crippen molar-refractivity contribution in [2.75, 3.05) is 6.61 Å². The first kappa shape index (κ1) is 23.7. The topological polar surface area (TPSA) is 65.2 Å². The van der Waals surface area contributed by atoms with Gasteiger partial charge in [-0.2, -0.15) is 13.2 Å². The molecule has 2 aromatic heterocycles. The Hall–Kier alpha value is -2.38. The first-order chi connectivity index (χ1) is 13.5. The minimum absolute atomic E-state index is 0.139. The Kier molecular flexibility index (Phi) is 11.6. The molecule has 0 spiro atoms. The van der Waals surface area contributed by atoms with Gasteiger partial charge in [0.1, 0.15) is 6.26 Å². The summed E-state index contributed by atoms with van der Waals surface area (Å²) < 4.78 is 47.8. The van der Waals surface area contributed by atoms with Gasteiger partial charge in [0, 0.05) is 12.4 Å². The van der Waals surface area contributed by atoms with Gasteiger partial charge in [0.05, 0.1) is 23.9 Å². The van der Waals surface area contributed by atoms with Crippen molar-refractivity contribution in [2.24, 2.45) is 0 Å². The molecular formula is C20H27F3N2O3. The normalized spacial score (nSPS) is 10.9. The first-order valence-corrected chi connectivity index (χ1v) is 9.47. The summed E-state index contributed by atoms with van der Waals surface area (Å²) in [4.78, 5) is 18.9. The van der Waals surface area contributed by atoms with Crippen LogP contribution < -0.4 is 0 Å². The molecule has 0 saturated carbocycles. The summed E-state index contributed by atoms with van der Waals surface area (Å²) in [6, 6.07) is 0.785. The molecule has 0 amide bonds. The molecule has 0 aromatic carbocycles. The summed E-state index contributed by atoms with van der Waals surface area (Å²) in [5, 5.41) is 0. The average Bonchev–Trinajstić information content (AvgIpc) is 3.26. The van der Waals surface area contributed by atoms with E-state index in [1.165, 1.54) is 38.3 Å². The van der Waals surface area contributed by atoms with Crippen LogP contribution in [0.5, 0.6) is 0 Å². The van der Waals surface area contributed by atoms with Crippen LogP contribution in [-0.2, 0) is 10.9 Å². The fraction of sp³-hybridized carbons (Fsp3) is 0.550. The number of esters is 1. The maximum Gasteiger partial charge on any atom is 0.417 e. The molecule has 0 unspecified atom stereocenters. The molecule has 0 aliphatic carbocycles. The van der Waals surface area contributed by atoms with Crippen LogP contribution in [0.4, 0.5) is 13.2 Å². The van der Waals surface area contributed by atoms with Crippen LogP contribution in [0.3, 0.4) is 0 Å². The predicted molar refractivity (Wildman–Crippen MR) is 98.6 cm³/mol. The number of ether oxygens (including phenoxy) is 1. The Morgan fingerprint density at radius 2 is 1.71 bits per heavy atom. The SMILES string of the molecule is CCCCCCCCCCOC(=O)c1cnccc1C(F)(F)F.c1cocn1. The summed E-state index contributed by atoms with van der Waals surface area (Å²) in [5.74, 6) is -0.964. The van der Waals surface area contributed by atoms with Gasteiger partial charge >= 0.3 is 12.1 Å². The standard InChI is InChI=1S/C17H24F3NO2.C3H3NO/c1-2-3-4-5-6-7-8-9-12-23-16(22)14-13-21-11-10-15(14)17(18,19)20;1-2-5-3-4-1/h10-11,13H,2-9,12H2,1H3;1-3H. The zero-order chi connectivity index (χ0) is 20.7. The summed E-state index contributed by atoms with van der Waals surface area (Å²) in [7, 11) is 0. The van der Waals surface area contributed by atoms with Crippen molar-refractivity contribution >= 4 is 5.97 Å². The minimum atomic E-state index is -4.59. The largest absolute Gasteiger partial charge is 0.462 e. The lowest BCUT2D eigenvalue weighted by Gasteiger charge is -2.11. The van der Waals surface area contributed by atoms with Crippen LogP contribution in [0.1, 0.15) is 74.2 Å². The Morgan fingerprint density at radius 1 is 1.04 bits per heavy atom. The van der Waals surface area contributed by atoms with Crippen molar-refractivity contribution in [3.63, 3.8) is 0 Å². The molecule has 0 fully saturated rings. The maximum absolute atomic E-state index is 12.8. The molecule has 0 saturated heterocycles. The third-order valence-electron chi connectivity index (χ3n) is 3.92. The number of nitrogens with zero attached hydrogens (tertiary/aromatic N) is 2. The lowest BCUT2D eigenvalue weighted by atomic mass is 10.1. The average molecular weight is 400 g/mol. The van der Waals surface area contributed by atoms with Crippen LogP contribution in [-0.4, -0.2) is 22.5 Å². The second-order valence-corrected chi connectivity index (χ2v) is 6.21. The van der Waals surface area contributed by atoms with E-state index in [2.05, 4.69) is 21.3 Å². The highest BCUT2D eigenvalue weighted by molar-refractivity contribution is 5.90. The number of oxazole rings is 1. The third kappa shape index (κ3) is 10.1. The van der Waals surface area contributed by atoms with Crippen LogP contribution in [0, 0.1) is 0 Å². The molecule has 0 N–H and O–H groups in total. The van der Waals surface area contributed by atoms with Crippen molar-refractivity contribution in [1.29, 1.82) is 0 Å². The molecule has 156 valence electrons. The lowest BCUT2D eigenvalue weighted by molar-refractivity contribution is -0.138. The van der Waals surface area contributed by atoms with Crippen LogP contribution in [0.2, 0.25) is 0 Å². The molecule has 0 atom stereocenters. The molecule has 28 heavy (non-hydrogen) atoms. The van der Waals surface area contributed by atoms with E-state index in [9.17, 15) is 18.0 Å². The highest BCUT2D eigenvalue weighted by Gasteiger charge is 2.35. The number of carbonyl (C=O) groups excluding carboxylic acids is 1. The van der Waals surface area contributed by atoms with E-state index < -0.39 is 23.3 Å². The Bertz CT molecular complexity index is 629. The fourth-order valence-electron chi connectivity index (χ4n) is 2.46. The van der Waals surface area contributed by atoms with Crippen molar-refractivity contribution in [3.8, 4) is 0 Å². The first-order valence-electron chi connectivity index (χ1n) is 9.47. The Labute approximate surface area is 163 Å². The number of alkyl halides is 3. The quantitative estimate of drug-likeness (QED) is 0.358. The van der Waals surface area contributed by atoms with E-state index in [1.807, 2.05) is 0 Å². The number of halogens is 3. The Balaban J connectivity index is 0.000000674. The van der Waals surface area contributed by atoms with Gasteiger partial charge in [-0.25, -0.2) is 9.78 Å². The third-order valence-corrected chi connectivity index (χ3v) is 3.92. The van der Waals surface area contributed by atoms with Crippen molar-refractivity contribution in [2.45, 2.75) is 64.5 Å². The van der Waals surface area contributed by atoms with E-state index in [4.69, 9.17) is 4.74 Å². The van der Waals surface area contributed by atoms with E-state index in [0.29, 0.717) is 6.42 Å². The predicted octanol–water partition coefficient (Wildman–Crippen LogP) is 6.07. The molecular weight excluding hydrogens is 373 g/mol. The van der Waals surface area contributed by atoms with E-state index in [1.54, 1.807) is 6.20 Å². The summed E-state index contributed by atoms with van der Waals surface area (Å²) in [5.41, 5.74) is -1.53. The highest BCUT2D eigenvalue weighted by Crippen LogP contribution is 2.31. The molecule has 0 aliphatic heterocycles. The van der Waals surface area contributed by atoms with Crippen LogP contribution in [0.15, 0.2) is 41.7 Å². The van der Waals surface area contributed by atoms with Gasteiger partial charge in [-0.05, 0) is 12.5 Å². The van der Waals surface area contributed by atoms with Gasteiger partial charge in [0.25, 0.3) is 0 Å². The molecule has 2 aromatic rings. The molecule has 8 heteroatoms. The van der Waals surface area contributed by atoms with Gasteiger partial charge in [0.15, 0.2) is 6.39 Å². The summed E-state index contributed by atoms with van der Waals surface area (Å²) in [6.07, 6.45) is 10.5. The van der Waals surface area contributed by atoms with E-state index >= 15 is 0 Å². The van der Waals surface area contributed by atoms with Gasteiger partial charge < -0.3 is 9.15 Å². The highest BCUT2D eigenvalue weighted by atomic mass is 19.4. The zero-order valence-corrected chi connectivity index (χ0v) is 16.1. The number of rotatable bonds is 10. The fourth-order valence-corrected chi connectivity index (χ4v) is 2.46. The number of carbonyl (C=O) groups is 1. The van der Waals surface area contributed by atoms with Gasteiger partial charge in [-0.1, -0.05) is 51.9 Å². The second kappa shape index (κ2) is 13.7. The van der Waals surface area contributed by atoms with Crippen molar-refractivity contribution in [1.82, 2.24) is 9.97 Å². The van der Waals surface area contributed by atoms with Crippen molar-refractivity contribution < 1.29 is 27.1 Å². The number of unbranched alkanes of at least 4 members (excludes halogenated alkanes) is 7. The van der Waals surface area contributed by atoms with E-state index in [-0.39, 0.29) is 6.61 Å². The smallest absolute Gasteiger partial charge is 0.417 e. The molecule has 2 heterocycles. The second-order valence-electron chi connectivity index (χ2n) is 6.21.